The highest BCUT2D eigenvalue weighted by Gasteiger charge is 2.08. The highest BCUT2D eigenvalue weighted by Crippen LogP contribution is 2.17. The van der Waals surface area contributed by atoms with Gasteiger partial charge in [-0.3, -0.25) is 0 Å². The van der Waals surface area contributed by atoms with Crippen molar-refractivity contribution < 1.29 is 0 Å². The van der Waals surface area contributed by atoms with E-state index in [0.29, 0.717) is 11.3 Å². The smallest absolute Gasteiger partial charge is 0.209 e. The Bertz CT molecular complexity index is 718. The summed E-state index contributed by atoms with van der Waals surface area (Å²) in [4.78, 5) is 12.4. The van der Waals surface area contributed by atoms with E-state index in [1.54, 1.807) is 22.8 Å². The summed E-state index contributed by atoms with van der Waals surface area (Å²) in [5.41, 5.74) is 7.17. The fourth-order valence-corrected chi connectivity index (χ4v) is 2.58. The van der Waals surface area contributed by atoms with Gasteiger partial charge in [0.1, 0.15) is 11.8 Å². The molecule has 0 aliphatic rings. The van der Waals surface area contributed by atoms with Crippen LogP contribution in [0.25, 0.3) is 11.2 Å². The molecule has 0 saturated heterocycles. The lowest BCUT2D eigenvalue weighted by Crippen LogP contribution is -2.01. The normalized spacial score (nSPS) is 11.2. The lowest BCUT2D eigenvalue weighted by atomic mass is 10.4. The third-order valence-corrected chi connectivity index (χ3v) is 3.88. The van der Waals surface area contributed by atoms with Crippen molar-refractivity contribution >= 4 is 28.7 Å². The van der Waals surface area contributed by atoms with Crippen molar-refractivity contribution in [3.63, 3.8) is 0 Å². The standard InChI is InChI=1S/C10H13N9S/c1-18-10(15-16-17-18)20-4-2-3-19-6-14-7-8(11)12-5-13-9(7)19/h5-6H,2-4H2,1H3,(H2,11,12,13). The Hall–Kier alpha value is -2.23. The molecule has 104 valence electrons. The molecule has 10 heteroatoms. The molecule has 0 radical (unpaired) electrons. The first-order chi connectivity index (χ1) is 9.75. The highest BCUT2D eigenvalue weighted by atomic mass is 32.2. The van der Waals surface area contributed by atoms with Crippen LogP contribution in [0.3, 0.4) is 0 Å². The van der Waals surface area contributed by atoms with Crippen LogP contribution >= 0.6 is 11.8 Å². The maximum Gasteiger partial charge on any atom is 0.209 e. The Balaban J connectivity index is 1.60. The minimum absolute atomic E-state index is 0.410. The largest absolute Gasteiger partial charge is 0.382 e. The van der Waals surface area contributed by atoms with Crippen molar-refractivity contribution in [2.45, 2.75) is 18.1 Å². The molecule has 3 rings (SSSR count). The fraction of sp³-hybridized carbons (Fsp3) is 0.400. The van der Waals surface area contributed by atoms with Crippen LogP contribution in [0.15, 0.2) is 17.8 Å². The number of thioether (sulfide) groups is 1. The van der Waals surface area contributed by atoms with Crippen molar-refractivity contribution in [3.8, 4) is 0 Å². The number of hydrogen-bond acceptors (Lipinski definition) is 8. The number of aromatic nitrogens is 8. The zero-order valence-electron chi connectivity index (χ0n) is 10.8. The van der Waals surface area contributed by atoms with Crippen molar-refractivity contribution in [2.75, 3.05) is 11.5 Å². The molecule has 0 aliphatic heterocycles. The van der Waals surface area contributed by atoms with Gasteiger partial charge in [0.15, 0.2) is 11.5 Å². The summed E-state index contributed by atoms with van der Waals surface area (Å²) in [5, 5.41) is 12.1. The first-order valence-electron chi connectivity index (χ1n) is 6.02. The minimum atomic E-state index is 0.410. The predicted octanol–water partition coefficient (Wildman–Crippen LogP) is 0.114. The van der Waals surface area contributed by atoms with Crippen molar-refractivity contribution in [1.82, 2.24) is 39.7 Å². The Morgan fingerprint density at radius 1 is 1.30 bits per heavy atom. The van der Waals surface area contributed by atoms with Gasteiger partial charge in [-0.15, -0.1) is 5.10 Å². The summed E-state index contributed by atoms with van der Waals surface area (Å²) in [6.07, 6.45) is 4.15. The zero-order valence-corrected chi connectivity index (χ0v) is 11.7. The Kier molecular flexibility index (Phi) is 3.46. The number of nitrogens with two attached hydrogens (primary N) is 1. The van der Waals surface area contributed by atoms with Gasteiger partial charge in [-0.1, -0.05) is 11.8 Å². The zero-order chi connectivity index (χ0) is 13.9. The molecule has 3 aromatic heterocycles. The first-order valence-corrected chi connectivity index (χ1v) is 7.00. The Morgan fingerprint density at radius 2 is 2.20 bits per heavy atom. The van der Waals surface area contributed by atoms with E-state index in [1.807, 2.05) is 11.6 Å². The molecule has 0 atom stereocenters. The molecule has 9 nitrogen and oxygen atoms in total. The predicted molar refractivity (Wildman–Crippen MR) is 73.9 cm³/mol. The summed E-state index contributed by atoms with van der Waals surface area (Å²) < 4.78 is 3.63. The summed E-state index contributed by atoms with van der Waals surface area (Å²) in [6, 6.07) is 0. The highest BCUT2D eigenvalue weighted by molar-refractivity contribution is 7.99. The Labute approximate surface area is 118 Å². The van der Waals surface area contributed by atoms with Gasteiger partial charge in [0.05, 0.1) is 6.33 Å². The van der Waals surface area contributed by atoms with E-state index in [0.717, 1.165) is 29.5 Å². The molecule has 0 bridgehead atoms. The quantitative estimate of drug-likeness (QED) is 0.520. The molecule has 20 heavy (non-hydrogen) atoms. The maximum atomic E-state index is 5.75. The van der Waals surface area contributed by atoms with Crippen molar-refractivity contribution in [1.29, 1.82) is 0 Å². The van der Waals surface area contributed by atoms with Crippen LogP contribution in [-0.4, -0.2) is 45.5 Å². The molecule has 2 N–H and O–H groups in total. The summed E-state index contributed by atoms with van der Waals surface area (Å²) >= 11 is 1.62. The molecule has 0 aromatic carbocycles. The molecule has 0 saturated carbocycles. The molecule has 0 fully saturated rings. The Morgan fingerprint density at radius 3 is 3.00 bits per heavy atom. The lowest BCUT2D eigenvalue weighted by Gasteiger charge is -2.03. The maximum absolute atomic E-state index is 5.75. The molecular formula is C10H13N9S. The van der Waals surface area contributed by atoms with Crippen LogP contribution < -0.4 is 5.73 Å². The van der Waals surface area contributed by atoms with Gasteiger partial charge in [-0.05, 0) is 16.8 Å². The summed E-state index contributed by atoms with van der Waals surface area (Å²) in [7, 11) is 1.82. The van der Waals surface area contributed by atoms with E-state index in [4.69, 9.17) is 5.73 Å². The second-order valence-electron chi connectivity index (χ2n) is 4.16. The van der Waals surface area contributed by atoms with E-state index in [-0.39, 0.29) is 0 Å². The van der Waals surface area contributed by atoms with Crippen LogP contribution in [-0.2, 0) is 13.6 Å². The number of aryl methyl sites for hydroxylation is 2. The van der Waals surface area contributed by atoms with E-state index < -0.39 is 0 Å². The number of hydrogen-bond donors (Lipinski definition) is 1. The number of fused-ring (bicyclic) bond motifs is 1. The number of tetrazole rings is 1. The second-order valence-corrected chi connectivity index (χ2v) is 5.22. The fourth-order valence-electron chi connectivity index (χ4n) is 1.80. The monoisotopic (exact) mass is 291 g/mol. The number of rotatable bonds is 5. The van der Waals surface area contributed by atoms with E-state index >= 15 is 0 Å². The number of anilines is 1. The second kappa shape index (κ2) is 5.41. The number of nitrogens with zero attached hydrogens (tertiary/aromatic N) is 8. The topological polar surface area (TPSA) is 113 Å². The van der Waals surface area contributed by atoms with E-state index in [2.05, 4.69) is 30.5 Å². The molecular weight excluding hydrogens is 278 g/mol. The average molecular weight is 291 g/mol. The van der Waals surface area contributed by atoms with Crippen LogP contribution in [0.5, 0.6) is 0 Å². The van der Waals surface area contributed by atoms with Crippen LogP contribution in [0.4, 0.5) is 5.82 Å². The van der Waals surface area contributed by atoms with Crippen molar-refractivity contribution in [2.24, 2.45) is 7.05 Å². The molecule has 3 aromatic rings. The molecule has 0 amide bonds. The van der Waals surface area contributed by atoms with Gasteiger partial charge in [0.2, 0.25) is 5.16 Å². The van der Waals surface area contributed by atoms with Crippen LogP contribution in [0.1, 0.15) is 6.42 Å². The number of nitrogen functional groups attached to an aromatic ring is 1. The minimum Gasteiger partial charge on any atom is -0.382 e. The molecule has 0 spiro atoms. The lowest BCUT2D eigenvalue weighted by molar-refractivity contribution is 0.661. The van der Waals surface area contributed by atoms with Crippen LogP contribution in [0, 0.1) is 0 Å². The third kappa shape index (κ3) is 2.41. The van der Waals surface area contributed by atoms with Gasteiger partial charge in [-0.25, -0.2) is 19.6 Å². The van der Waals surface area contributed by atoms with Gasteiger partial charge in [0.25, 0.3) is 0 Å². The first kappa shape index (κ1) is 12.8. The molecule has 3 heterocycles. The van der Waals surface area contributed by atoms with Gasteiger partial charge in [-0.2, -0.15) is 0 Å². The summed E-state index contributed by atoms with van der Waals surface area (Å²) in [6.45, 7) is 0.811. The van der Waals surface area contributed by atoms with Crippen molar-refractivity contribution in [3.05, 3.63) is 12.7 Å². The van der Waals surface area contributed by atoms with Gasteiger partial charge >= 0.3 is 0 Å². The summed E-state index contributed by atoms with van der Waals surface area (Å²) in [5.74, 6) is 1.32. The SMILES string of the molecule is Cn1nnnc1SCCCn1cnc2c(N)ncnc21. The average Bonchev–Trinajstić information content (AvgIpc) is 3.03. The van der Waals surface area contributed by atoms with Gasteiger partial charge < -0.3 is 10.3 Å². The van der Waals surface area contributed by atoms with E-state index in [1.165, 1.54) is 6.33 Å². The van der Waals surface area contributed by atoms with Crippen LogP contribution in [0.2, 0.25) is 0 Å². The van der Waals surface area contributed by atoms with E-state index in [9.17, 15) is 0 Å². The molecule has 0 aliphatic carbocycles. The molecule has 0 unspecified atom stereocenters. The van der Waals surface area contributed by atoms with Gasteiger partial charge in [0, 0.05) is 19.3 Å². The third-order valence-electron chi connectivity index (χ3n) is 2.79. The number of imidazole rings is 1.